The van der Waals surface area contributed by atoms with Crippen LogP contribution in [-0.4, -0.2) is 25.0 Å². The summed E-state index contributed by atoms with van der Waals surface area (Å²) in [6.45, 7) is 2.15. The third-order valence-electron chi connectivity index (χ3n) is 3.60. The summed E-state index contributed by atoms with van der Waals surface area (Å²) in [5.41, 5.74) is 0.735. The van der Waals surface area contributed by atoms with Crippen LogP contribution >= 0.6 is 28.1 Å². The van der Waals surface area contributed by atoms with Gasteiger partial charge in [-0.3, -0.25) is 9.47 Å². The van der Waals surface area contributed by atoms with Gasteiger partial charge in [0.1, 0.15) is 6.54 Å². The Morgan fingerprint density at radius 2 is 1.92 bits per heavy atom. The number of benzene rings is 1. The molecule has 3 rings (SSSR count). The summed E-state index contributed by atoms with van der Waals surface area (Å²) in [6.07, 6.45) is 5.53. The summed E-state index contributed by atoms with van der Waals surface area (Å²) < 4.78 is 6.75. The second-order valence-electron chi connectivity index (χ2n) is 5.54. The van der Waals surface area contributed by atoms with Crippen LogP contribution in [-0.2, 0) is 17.8 Å². The van der Waals surface area contributed by atoms with Crippen LogP contribution in [0.2, 0.25) is 0 Å². The summed E-state index contributed by atoms with van der Waals surface area (Å²) in [5, 5.41) is 7.39. The molecule has 1 amide bonds. The first-order valence-corrected chi connectivity index (χ1v) is 9.16. The van der Waals surface area contributed by atoms with Crippen LogP contribution < -0.4 is 5.32 Å². The van der Waals surface area contributed by atoms with Gasteiger partial charge in [-0.1, -0.05) is 22.9 Å². The SMILES string of the molecule is CCCc1nn(CC(=O)Nc2ccc(Br)cc2)c(=S)n1-n1cccc1. The Kier molecular flexibility index (Phi) is 5.50. The van der Waals surface area contributed by atoms with Gasteiger partial charge < -0.3 is 5.32 Å². The van der Waals surface area contributed by atoms with Crippen molar-refractivity contribution in [3.63, 3.8) is 0 Å². The minimum absolute atomic E-state index is 0.0693. The van der Waals surface area contributed by atoms with E-state index in [1.165, 1.54) is 0 Å². The van der Waals surface area contributed by atoms with Crippen molar-refractivity contribution in [2.24, 2.45) is 0 Å². The molecule has 2 heterocycles. The molecule has 0 saturated carbocycles. The number of carbonyl (C=O) groups excluding carboxylic acids is 1. The molecule has 0 bridgehead atoms. The molecule has 0 spiro atoms. The Hall–Kier alpha value is -2.19. The lowest BCUT2D eigenvalue weighted by Gasteiger charge is -2.07. The highest BCUT2D eigenvalue weighted by molar-refractivity contribution is 9.10. The number of rotatable bonds is 6. The monoisotopic (exact) mass is 419 g/mol. The molecule has 2 aromatic heterocycles. The summed E-state index contributed by atoms with van der Waals surface area (Å²) >= 11 is 8.91. The first-order chi connectivity index (χ1) is 12.1. The van der Waals surface area contributed by atoms with E-state index in [0.29, 0.717) is 4.77 Å². The van der Waals surface area contributed by atoms with Gasteiger partial charge in [0.15, 0.2) is 5.82 Å². The number of carbonyl (C=O) groups is 1. The number of anilines is 1. The number of aryl methyl sites for hydroxylation is 1. The zero-order chi connectivity index (χ0) is 17.8. The Morgan fingerprint density at radius 3 is 2.56 bits per heavy atom. The molecule has 1 aromatic carbocycles. The molecule has 0 aliphatic heterocycles. The number of amides is 1. The van der Waals surface area contributed by atoms with Gasteiger partial charge in [-0.2, -0.15) is 5.10 Å². The van der Waals surface area contributed by atoms with Crippen LogP contribution in [0.25, 0.3) is 0 Å². The topological polar surface area (TPSA) is 56.8 Å². The number of nitrogens with one attached hydrogen (secondary N) is 1. The molecule has 130 valence electrons. The van der Waals surface area contributed by atoms with Crippen molar-refractivity contribution < 1.29 is 4.79 Å². The summed E-state index contributed by atoms with van der Waals surface area (Å²) in [7, 11) is 0. The number of hydrogen-bond donors (Lipinski definition) is 1. The maximum absolute atomic E-state index is 12.3. The predicted molar refractivity (Wildman–Crippen MR) is 103 cm³/mol. The molecule has 0 aliphatic rings. The smallest absolute Gasteiger partial charge is 0.246 e. The molecule has 0 unspecified atom stereocenters. The van der Waals surface area contributed by atoms with Gasteiger partial charge in [0.25, 0.3) is 0 Å². The molecule has 0 atom stereocenters. The van der Waals surface area contributed by atoms with E-state index in [-0.39, 0.29) is 12.5 Å². The normalized spacial score (nSPS) is 10.8. The van der Waals surface area contributed by atoms with Crippen LogP contribution in [0.5, 0.6) is 0 Å². The lowest BCUT2D eigenvalue weighted by atomic mass is 10.3. The van der Waals surface area contributed by atoms with Gasteiger partial charge in [-0.15, -0.1) is 0 Å². The van der Waals surface area contributed by atoms with E-state index < -0.39 is 0 Å². The number of hydrogen-bond acceptors (Lipinski definition) is 3. The van der Waals surface area contributed by atoms with E-state index >= 15 is 0 Å². The Morgan fingerprint density at radius 1 is 1.24 bits per heavy atom. The molecule has 0 fully saturated rings. The molecule has 1 N–H and O–H groups in total. The highest BCUT2D eigenvalue weighted by Gasteiger charge is 2.14. The van der Waals surface area contributed by atoms with Crippen LogP contribution in [0, 0.1) is 4.77 Å². The largest absolute Gasteiger partial charge is 0.324 e. The third kappa shape index (κ3) is 4.08. The van der Waals surface area contributed by atoms with Crippen molar-refractivity contribution in [1.29, 1.82) is 0 Å². The van der Waals surface area contributed by atoms with Gasteiger partial charge in [0.05, 0.1) is 0 Å². The highest BCUT2D eigenvalue weighted by Crippen LogP contribution is 2.14. The van der Waals surface area contributed by atoms with Crippen molar-refractivity contribution >= 4 is 39.7 Å². The average Bonchev–Trinajstić information content (AvgIpc) is 3.19. The predicted octanol–water partition coefficient (Wildman–Crippen LogP) is 3.88. The zero-order valence-corrected chi connectivity index (χ0v) is 16.1. The molecule has 0 aliphatic carbocycles. The molecule has 6 nitrogen and oxygen atoms in total. The lowest BCUT2D eigenvalue weighted by molar-refractivity contribution is -0.116. The molecular weight excluding hydrogens is 402 g/mol. The van der Waals surface area contributed by atoms with Crippen LogP contribution in [0.3, 0.4) is 0 Å². The van der Waals surface area contributed by atoms with Crippen LogP contribution in [0.15, 0.2) is 53.3 Å². The summed E-state index contributed by atoms with van der Waals surface area (Å²) in [6, 6.07) is 11.3. The van der Waals surface area contributed by atoms with E-state index in [1.807, 2.05) is 58.1 Å². The van der Waals surface area contributed by atoms with Gasteiger partial charge in [-0.25, -0.2) is 9.36 Å². The minimum Gasteiger partial charge on any atom is -0.324 e. The first-order valence-electron chi connectivity index (χ1n) is 7.96. The Bertz CT molecular complexity index is 912. The molecule has 3 aromatic rings. The highest BCUT2D eigenvalue weighted by atomic mass is 79.9. The van der Waals surface area contributed by atoms with E-state index in [1.54, 1.807) is 4.68 Å². The van der Waals surface area contributed by atoms with Gasteiger partial charge in [-0.05, 0) is 55.0 Å². The maximum atomic E-state index is 12.3. The fourth-order valence-corrected chi connectivity index (χ4v) is 3.06. The van der Waals surface area contributed by atoms with Crippen molar-refractivity contribution in [1.82, 2.24) is 19.1 Å². The maximum Gasteiger partial charge on any atom is 0.246 e. The van der Waals surface area contributed by atoms with Gasteiger partial charge >= 0.3 is 0 Å². The van der Waals surface area contributed by atoms with Crippen molar-refractivity contribution in [3.8, 4) is 0 Å². The summed E-state index contributed by atoms with van der Waals surface area (Å²) in [5.74, 6) is 0.666. The Balaban J connectivity index is 1.82. The quantitative estimate of drug-likeness (QED) is 0.616. The van der Waals surface area contributed by atoms with Crippen LogP contribution in [0.1, 0.15) is 19.2 Å². The standard InChI is InChI=1S/C17H18BrN5OS/c1-2-5-15-20-22(17(25)23(15)21-10-3-4-11-21)12-16(24)19-14-8-6-13(18)7-9-14/h3-4,6-11H,2,5,12H2,1H3,(H,19,24). The second kappa shape index (κ2) is 7.79. The average molecular weight is 420 g/mol. The molecule has 0 saturated heterocycles. The lowest BCUT2D eigenvalue weighted by Crippen LogP contribution is -2.20. The zero-order valence-electron chi connectivity index (χ0n) is 13.7. The van der Waals surface area contributed by atoms with E-state index in [2.05, 4.69) is 33.3 Å². The van der Waals surface area contributed by atoms with Crippen molar-refractivity contribution in [3.05, 3.63) is 63.9 Å². The third-order valence-corrected chi connectivity index (χ3v) is 4.51. The number of nitrogens with zero attached hydrogens (tertiary/aromatic N) is 4. The van der Waals surface area contributed by atoms with Gasteiger partial charge in [0.2, 0.25) is 10.7 Å². The van der Waals surface area contributed by atoms with Crippen molar-refractivity contribution in [2.75, 3.05) is 5.32 Å². The molecular formula is C17H18BrN5OS. The minimum atomic E-state index is -0.168. The second-order valence-corrected chi connectivity index (χ2v) is 6.82. The van der Waals surface area contributed by atoms with Crippen molar-refractivity contribution in [2.45, 2.75) is 26.3 Å². The first kappa shape index (κ1) is 17.6. The van der Waals surface area contributed by atoms with E-state index in [9.17, 15) is 4.79 Å². The number of aromatic nitrogens is 4. The molecule has 0 radical (unpaired) electrons. The Labute approximate surface area is 159 Å². The van der Waals surface area contributed by atoms with E-state index in [0.717, 1.165) is 28.8 Å². The fourth-order valence-electron chi connectivity index (χ4n) is 2.49. The molecule has 25 heavy (non-hydrogen) atoms. The fraction of sp³-hybridized carbons (Fsp3) is 0.235. The van der Waals surface area contributed by atoms with E-state index in [4.69, 9.17) is 12.2 Å². The van der Waals surface area contributed by atoms with Crippen LogP contribution in [0.4, 0.5) is 5.69 Å². The summed E-state index contributed by atoms with van der Waals surface area (Å²) in [4.78, 5) is 12.3. The van der Waals surface area contributed by atoms with Gasteiger partial charge in [0, 0.05) is 29.0 Å². The number of halogens is 1. The molecule has 8 heteroatoms.